The van der Waals surface area contributed by atoms with Crippen LogP contribution in [0.3, 0.4) is 0 Å². The maximum atomic E-state index is 6.13. The van der Waals surface area contributed by atoms with Crippen LogP contribution in [0, 0.1) is 13.8 Å². The SMILES string of the molecule is Cc1cc(-c2cnc(N)c(Oc3cnn(C4CCN(C)CC4)c3)n2)cc(C)c1CNSN1CCOCC1. The molecule has 2 fully saturated rings. The number of ether oxygens (including phenoxy) is 2. The summed E-state index contributed by atoms with van der Waals surface area (Å²) in [5.41, 5.74) is 11.5. The van der Waals surface area contributed by atoms with Gasteiger partial charge >= 0.3 is 0 Å². The monoisotopic (exact) mass is 524 g/mol. The lowest BCUT2D eigenvalue weighted by Crippen LogP contribution is -2.33. The zero-order valence-corrected chi connectivity index (χ0v) is 22.6. The van der Waals surface area contributed by atoms with E-state index in [0.717, 1.165) is 70.0 Å². The molecule has 0 aliphatic carbocycles. The lowest BCUT2D eigenvalue weighted by Gasteiger charge is -2.28. The Labute approximate surface area is 222 Å². The molecule has 2 saturated heterocycles. The third-order valence-electron chi connectivity index (χ3n) is 7.03. The highest BCUT2D eigenvalue weighted by atomic mass is 32.2. The summed E-state index contributed by atoms with van der Waals surface area (Å²) in [5, 5.41) is 4.53. The van der Waals surface area contributed by atoms with Crippen molar-refractivity contribution < 1.29 is 9.47 Å². The van der Waals surface area contributed by atoms with Crippen molar-refractivity contribution in [2.75, 3.05) is 52.2 Å². The van der Waals surface area contributed by atoms with Crippen molar-refractivity contribution in [2.24, 2.45) is 0 Å². The summed E-state index contributed by atoms with van der Waals surface area (Å²) in [5.74, 6) is 1.16. The van der Waals surface area contributed by atoms with E-state index in [1.807, 2.05) is 10.9 Å². The highest BCUT2D eigenvalue weighted by molar-refractivity contribution is 7.95. The number of nitrogen functional groups attached to an aromatic ring is 1. The van der Waals surface area contributed by atoms with Gasteiger partial charge in [-0.05, 0) is 75.6 Å². The van der Waals surface area contributed by atoms with Gasteiger partial charge in [0, 0.05) is 37.3 Å². The summed E-state index contributed by atoms with van der Waals surface area (Å²) < 4.78 is 19.2. The molecule has 198 valence electrons. The molecule has 0 radical (unpaired) electrons. The van der Waals surface area contributed by atoms with E-state index in [1.54, 1.807) is 24.5 Å². The maximum Gasteiger partial charge on any atom is 0.263 e. The number of rotatable bonds is 8. The molecule has 4 heterocycles. The van der Waals surface area contributed by atoms with Crippen LogP contribution >= 0.6 is 12.1 Å². The highest BCUT2D eigenvalue weighted by Gasteiger charge is 2.20. The quantitative estimate of drug-likeness (QED) is 0.425. The predicted octanol–water partition coefficient (Wildman–Crippen LogP) is 3.58. The van der Waals surface area contributed by atoms with Crippen LogP contribution in [0.5, 0.6) is 11.6 Å². The first-order valence-corrected chi connectivity index (χ1v) is 13.6. The van der Waals surface area contributed by atoms with E-state index in [4.69, 9.17) is 20.2 Å². The molecule has 0 unspecified atom stereocenters. The zero-order valence-electron chi connectivity index (χ0n) is 21.8. The Morgan fingerprint density at radius 1 is 1.11 bits per heavy atom. The average molecular weight is 525 g/mol. The Morgan fingerprint density at radius 3 is 2.57 bits per heavy atom. The van der Waals surface area contributed by atoms with Crippen LogP contribution in [-0.2, 0) is 11.3 Å². The van der Waals surface area contributed by atoms with Crippen LogP contribution in [-0.4, -0.2) is 75.4 Å². The largest absolute Gasteiger partial charge is 0.433 e. The molecular formula is C26H36N8O2S. The minimum absolute atomic E-state index is 0.255. The Hall–Kier alpha value is -2.70. The predicted molar refractivity (Wildman–Crippen MR) is 146 cm³/mol. The van der Waals surface area contributed by atoms with Crippen LogP contribution in [0.2, 0.25) is 0 Å². The Bertz CT molecular complexity index is 1180. The minimum atomic E-state index is 0.255. The number of hydrogen-bond acceptors (Lipinski definition) is 10. The molecule has 2 aliphatic rings. The number of hydrogen-bond donors (Lipinski definition) is 2. The third kappa shape index (κ3) is 6.42. The molecule has 3 aromatic rings. The first-order chi connectivity index (χ1) is 18.0. The van der Waals surface area contributed by atoms with E-state index < -0.39 is 0 Å². The van der Waals surface area contributed by atoms with Gasteiger partial charge in [-0.25, -0.2) is 19.0 Å². The molecule has 0 atom stereocenters. The Balaban J connectivity index is 1.26. The number of benzene rings is 1. The standard InChI is InChI=1S/C26H36N8O2S/c1-18-12-20(13-19(2)23(18)15-30-37-33-8-10-35-11-9-33)24-16-28-25(27)26(31-24)36-22-14-29-34(17-22)21-4-6-32(3)7-5-21/h12-14,16-17,21,30H,4-11,15H2,1-3H3,(H2,27,28). The van der Waals surface area contributed by atoms with E-state index in [9.17, 15) is 0 Å². The second-order valence-electron chi connectivity index (χ2n) is 9.78. The van der Waals surface area contributed by atoms with Crippen molar-refractivity contribution >= 4 is 18.0 Å². The summed E-state index contributed by atoms with van der Waals surface area (Å²) >= 11 is 1.67. The summed E-state index contributed by atoms with van der Waals surface area (Å²) in [6.07, 6.45) is 7.49. The zero-order chi connectivity index (χ0) is 25.8. The number of likely N-dealkylation sites (tertiary alicyclic amines) is 1. The van der Waals surface area contributed by atoms with Crippen LogP contribution in [0.4, 0.5) is 5.82 Å². The van der Waals surface area contributed by atoms with Gasteiger partial charge in [-0.3, -0.25) is 4.68 Å². The van der Waals surface area contributed by atoms with Crippen LogP contribution in [0.15, 0.2) is 30.7 Å². The number of piperidine rings is 1. The van der Waals surface area contributed by atoms with Crippen molar-refractivity contribution in [1.29, 1.82) is 0 Å². The number of aryl methyl sites for hydroxylation is 2. The molecule has 0 saturated carbocycles. The average Bonchev–Trinajstić information content (AvgIpc) is 3.36. The van der Waals surface area contributed by atoms with E-state index >= 15 is 0 Å². The third-order valence-corrected chi connectivity index (χ3v) is 7.92. The first kappa shape index (κ1) is 25.9. The van der Waals surface area contributed by atoms with Crippen molar-refractivity contribution in [3.05, 3.63) is 47.4 Å². The van der Waals surface area contributed by atoms with E-state index in [-0.39, 0.29) is 5.82 Å². The first-order valence-electron chi connectivity index (χ1n) is 12.8. The van der Waals surface area contributed by atoms with Gasteiger partial charge in [-0.15, -0.1) is 0 Å². The number of morpholine rings is 1. The summed E-state index contributed by atoms with van der Waals surface area (Å²) in [4.78, 5) is 11.4. The fraction of sp³-hybridized carbons (Fsp3) is 0.500. The van der Waals surface area contributed by atoms with E-state index in [1.165, 1.54) is 16.7 Å². The molecule has 0 amide bonds. The number of nitrogens with zero attached hydrogens (tertiary/aromatic N) is 6. The lowest BCUT2D eigenvalue weighted by molar-refractivity contribution is 0.0770. The molecule has 0 bridgehead atoms. The normalized spacial score (nSPS) is 17.8. The summed E-state index contributed by atoms with van der Waals surface area (Å²) in [6.45, 7) is 10.6. The van der Waals surface area contributed by atoms with Gasteiger partial charge in [0.05, 0.1) is 43.5 Å². The van der Waals surface area contributed by atoms with Crippen molar-refractivity contribution in [3.63, 3.8) is 0 Å². The second-order valence-corrected chi connectivity index (χ2v) is 10.8. The molecule has 0 spiro atoms. The second kappa shape index (κ2) is 11.8. The maximum absolute atomic E-state index is 6.13. The summed E-state index contributed by atoms with van der Waals surface area (Å²) in [6, 6.07) is 4.67. The molecule has 1 aromatic carbocycles. The Kier molecular flexibility index (Phi) is 8.26. The molecular weight excluding hydrogens is 488 g/mol. The van der Waals surface area contributed by atoms with Gasteiger partial charge < -0.3 is 20.1 Å². The van der Waals surface area contributed by atoms with Gasteiger partial charge in [0.2, 0.25) is 0 Å². The molecule has 3 N–H and O–H groups in total. The number of anilines is 1. The molecule has 2 aromatic heterocycles. The molecule has 2 aliphatic heterocycles. The van der Waals surface area contributed by atoms with Crippen molar-refractivity contribution in [3.8, 4) is 22.9 Å². The topological polar surface area (TPSA) is 107 Å². The fourth-order valence-electron chi connectivity index (χ4n) is 4.79. The van der Waals surface area contributed by atoms with Crippen LogP contribution in [0.25, 0.3) is 11.3 Å². The number of nitrogens with two attached hydrogens (primary N) is 1. The van der Waals surface area contributed by atoms with Crippen LogP contribution in [0.1, 0.15) is 35.6 Å². The van der Waals surface area contributed by atoms with Crippen LogP contribution < -0.4 is 15.2 Å². The molecule has 37 heavy (non-hydrogen) atoms. The number of nitrogens with one attached hydrogen (secondary N) is 1. The van der Waals surface area contributed by atoms with Gasteiger partial charge in [-0.1, -0.05) is 0 Å². The molecule has 5 rings (SSSR count). The Morgan fingerprint density at radius 2 is 1.84 bits per heavy atom. The van der Waals surface area contributed by atoms with E-state index in [2.05, 4.69) is 57.0 Å². The smallest absolute Gasteiger partial charge is 0.263 e. The lowest BCUT2D eigenvalue weighted by atomic mass is 9.98. The number of aromatic nitrogens is 4. The van der Waals surface area contributed by atoms with Gasteiger partial charge in [-0.2, -0.15) is 5.10 Å². The van der Waals surface area contributed by atoms with Gasteiger partial charge in [0.15, 0.2) is 11.6 Å². The van der Waals surface area contributed by atoms with Gasteiger partial charge in [0.25, 0.3) is 5.88 Å². The molecule has 10 nitrogen and oxygen atoms in total. The fourth-order valence-corrected chi connectivity index (χ4v) is 5.52. The highest BCUT2D eigenvalue weighted by Crippen LogP contribution is 2.30. The van der Waals surface area contributed by atoms with Crippen molar-refractivity contribution in [1.82, 2.24) is 33.7 Å². The summed E-state index contributed by atoms with van der Waals surface area (Å²) in [7, 11) is 2.15. The minimum Gasteiger partial charge on any atom is -0.433 e. The van der Waals surface area contributed by atoms with E-state index in [0.29, 0.717) is 17.7 Å². The molecule has 11 heteroatoms. The van der Waals surface area contributed by atoms with Crippen molar-refractivity contribution in [2.45, 2.75) is 39.3 Å². The van der Waals surface area contributed by atoms with Gasteiger partial charge in [0.1, 0.15) is 0 Å².